The molecular weight excluding hydrogens is 188 g/mol. The molecule has 0 aromatic rings. The zero-order valence-corrected chi connectivity index (χ0v) is 9.39. The zero-order valence-electron chi connectivity index (χ0n) is 9.39. The summed E-state index contributed by atoms with van der Waals surface area (Å²) in [5, 5.41) is 0. The molecule has 2 heteroatoms. The second-order valence-corrected chi connectivity index (χ2v) is 3.32. The topological polar surface area (TPSA) is 18.5 Å². The van der Waals surface area contributed by atoms with Gasteiger partial charge < -0.3 is 9.47 Å². The standard InChI is InChI=1S/C12H18O2.CH4/c1-11(2)13-9-7-5-6-8-10-14-12(3)4;/h11-12H,9-10H2,1-4H3;1H4. The molecule has 0 aromatic heterocycles. The third-order valence-corrected chi connectivity index (χ3v) is 1.22. The Balaban J connectivity index is 0. The van der Waals surface area contributed by atoms with Crippen molar-refractivity contribution in [2.45, 2.75) is 47.3 Å². The SMILES string of the molecule is C.CC(C)OCC#CC#CCOC(C)C. The summed E-state index contributed by atoms with van der Waals surface area (Å²) in [6.45, 7) is 8.79. The van der Waals surface area contributed by atoms with Gasteiger partial charge in [0.1, 0.15) is 13.2 Å². The summed E-state index contributed by atoms with van der Waals surface area (Å²) < 4.78 is 10.4. The summed E-state index contributed by atoms with van der Waals surface area (Å²) >= 11 is 0. The van der Waals surface area contributed by atoms with Crippen LogP contribution in [0.3, 0.4) is 0 Å². The molecule has 0 bridgehead atoms. The predicted molar refractivity (Wildman–Crippen MR) is 64.5 cm³/mol. The van der Waals surface area contributed by atoms with E-state index in [2.05, 4.69) is 23.7 Å². The fourth-order valence-electron chi connectivity index (χ4n) is 0.577. The minimum Gasteiger partial charge on any atom is -0.366 e. The van der Waals surface area contributed by atoms with E-state index >= 15 is 0 Å². The second-order valence-electron chi connectivity index (χ2n) is 3.32. The van der Waals surface area contributed by atoms with E-state index in [1.54, 1.807) is 0 Å². The van der Waals surface area contributed by atoms with Crippen molar-refractivity contribution in [3.8, 4) is 23.7 Å². The van der Waals surface area contributed by atoms with Crippen LogP contribution in [0.15, 0.2) is 0 Å². The Morgan fingerprint density at radius 3 is 1.40 bits per heavy atom. The lowest BCUT2D eigenvalue weighted by atomic mass is 10.5. The maximum absolute atomic E-state index is 5.21. The lowest BCUT2D eigenvalue weighted by molar-refractivity contribution is 0.106. The van der Waals surface area contributed by atoms with Crippen LogP contribution in [0.4, 0.5) is 0 Å². The lowest BCUT2D eigenvalue weighted by Crippen LogP contribution is -2.02. The summed E-state index contributed by atoms with van der Waals surface area (Å²) in [6.07, 6.45) is 0.447. The molecule has 0 rings (SSSR count). The van der Waals surface area contributed by atoms with Crippen LogP contribution >= 0.6 is 0 Å². The Labute approximate surface area is 94.3 Å². The molecule has 0 fully saturated rings. The van der Waals surface area contributed by atoms with Gasteiger partial charge in [-0.05, 0) is 39.5 Å². The summed E-state index contributed by atoms with van der Waals surface area (Å²) in [7, 11) is 0. The molecule has 0 spiro atoms. The minimum absolute atomic E-state index is 0. The number of rotatable bonds is 4. The molecule has 0 aliphatic rings. The second kappa shape index (κ2) is 11.1. The van der Waals surface area contributed by atoms with Gasteiger partial charge >= 0.3 is 0 Å². The number of hydrogen-bond acceptors (Lipinski definition) is 2. The molecule has 0 aliphatic heterocycles. The van der Waals surface area contributed by atoms with E-state index in [0.717, 1.165) is 0 Å². The highest BCUT2D eigenvalue weighted by Crippen LogP contribution is 1.85. The first-order valence-corrected chi connectivity index (χ1v) is 4.82. The van der Waals surface area contributed by atoms with E-state index in [1.165, 1.54) is 0 Å². The van der Waals surface area contributed by atoms with Crippen molar-refractivity contribution in [1.82, 2.24) is 0 Å². The summed E-state index contributed by atoms with van der Waals surface area (Å²) in [6, 6.07) is 0. The molecule has 0 radical (unpaired) electrons. The van der Waals surface area contributed by atoms with E-state index in [9.17, 15) is 0 Å². The maximum Gasteiger partial charge on any atom is 0.109 e. The molecule has 0 saturated carbocycles. The molecule has 0 amide bonds. The van der Waals surface area contributed by atoms with E-state index in [0.29, 0.717) is 13.2 Å². The van der Waals surface area contributed by atoms with Crippen LogP contribution in [0.1, 0.15) is 35.1 Å². The van der Waals surface area contributed by atoms with Crippen LogP contribution in [0.2, 0.25) is 0 Å². The van der Waals surface area contributed by atoms with Crippen molar-refractivity contribution in [2.75, 3.05) is 13.2 Å². The van der Waals surface area contributed by atoms with Gasteiger partial charge in [0, 0.05) is 0 Å². The van der Waals surface area contributed by atoms with E-state index in [1.807, 2.05) is 27.7 Å². The van der Waals surface area contributed by atoms with Crippen molar-refractivity contribution in [2.24, 2.45) is 0 Å². The monoisotopic (exact) mass is 210 g/mol. The highest BCUT2D eigenvalue weighted by Gasteiger charge is 1.87. The minimum atomic E-state index is 0. The van der Waals surface area contributed by atoms with Gasteiger partial charge in [0.05, 0.1) is 12.2 Å². The van der Waals surface area contributed by atoms with Gasteiger partial charge in [0.25, 0.3) is 0 Å². The van der Waals surface area contributed by atoms with E-state index in [-0.39, 0.29) is 19.6 Å². The van der Waals surface area contributed by atoms with Crippen LogP contribution < -0.4 is 0 Å². The van der Waals surface area contributed by atoms with Gasteiger partial charge in [0.2, 0.25) is 0 Å². The molecule has 0 N–H and O–H groups in total. The fourth-order valence-corrected chi connectivity index (χ4v) is 0.577. The largest absolute Gasteiger partial charge is 0.366 e. The third-order valence-electron chi connectivity index (χ3n) is 1.22. The third kappa shape index (κ3) is 15.8. The van der Waals surface area contributed by atoms with Crippen LogP contribution in [0.5, 0.6) is 0 Å². The molecule has 2 nitrogen and oxygen atoms in total. The maximum atomic E-state index is 5.21. The Morgan fingerprint density at radius 1 is 0.800 bits per heavy atom. The Hall–Kier alpha value is -0.960. The normalized spacial score (nSPS) is 8.67. The summed E-state index contributed by atoms with van der Waals surface area (Å²) in [4.78, 5) is 0. The first-order chi connectivity index (χ1) is 6.63. The molecule has 0 saturated heterocycles. The molecule has 0 aliphatic carbocycles. The Kier molecular flexibility index (Phi) is 12.2. The molecule has 0 atom stereocenters. The number of hydrogen-bond donors (Lipinski definition) is 0. The van der Waals surface area contributed by atoms with Crippen molar-refractivity contribution in [1.29, 1.82) is 0 Å². The van der Waals surface area contributed by atoms with Crippen LogP contribution in [0.25, 0.3) is 0 Å². The number of ether oxygens (including phenoxy) is 2. The van der Waals surface area contributed by atoms with Crippen LogP contribution in [0, 0.1) is 23.7 Å². The molecule has 0 unspecified atom stereocenters. The smallest absolute Gasteiger partial charge is 0.109 e. The summed E-state index contributed by atoms with van der Waals surface area (Å²) in [5.41, 5.74) is 0. The molecular formula is C13H22O2. The highest BCUT2D eigenvalue weighted by molar-refractivity contribution is 5.26. The predicted octanol–water partition coefficient (Wildman–Crippen LogP) is 2.48. The summed E-state index contributed by atoms with van der Waals surface area (Å²) in [5.74, 6) is 11.0. The van der Waals surface area contributed by atoms with Crippen molar-refractivity contribution < 1.29 is 9.47 Å². The van der Waals surface area contributed by atoms with Gasteiger partial charge in [-0.25, -0.2) is 0 Å². The van der Waals surface area contributed by atoms with Gasteiger partial charge in [-0.3, -0.25) is 0 Å². The molecule has 86 valence electrons. The van der Waals surface area contributed by atoms with Crippen LogP contribution in [-0.4, -0.2) is 25.4 Å². The Morgan fingerprint density at radius 2 is 1.13 bits per heavy atom. The van der Waals surface area contributed by atoms with Gasteiger partial charge in [-0.15, -0.1) is 0 Å². The Bertz CT molecular complexity index is 217. The van der Waals surface area contributed by atoms with Crippen molar-refractivity contribution >= 4 is 0 Å². The van der Waals surface area contributed by atoms with Crippen LogP contribution in [-0.2, 0) is 9.47 Å². The average Bonchev–Trinajstić information content (AvgIpc) is 2.08. The molecule has 0 heterocycles. The zero-order chi connectivity index (χ0) is 10.8. The van der Waals surface area contributed by atoms with Crippen molar-refractivity contribution in [3.05, 3.63) is 0 Å². The highest BCUT2D eigenvalue weighted by atomic mass is 16.5. The molecule has 0 aromatic carbocycles. The quantitative estimate of drug-likeness (QED) is 0.664. The fraction of sp³-hybridized carbons (Fsp3) is 0.692. The first-order valence-electron chi connectivity index (χ1n) is 4.82. The first kappa shape index (κ1) is 16.5. The average molecular weight is 210 g/mol. The van der Waals surface area contributed by atoms with E-state index < -0.39 is 0 Å². The van der Waals surface area contributed by atoms with Gasteiger partial charge in [0.15, 0.2) is 0 Å². The van der Waals surface area contributed by atoms with Gasteiger partial charge in [-0.1, -0.05) is 19.3 Å². The van der Waals surface area contributed by atoms with Gasteiger partial charge in [-0.2, -0.15) is 0 Å². The lowest BCUT2D eigenvalue weighted by Gasteiger charge is -2.00. The van der Waals surface area contributed by atoms with Crippen molar-refractivity contribution in [3.63, 3.8) is 0 Å². The van der Waals surface area contributed by atoms with E-state index in [4.69, 9.17) is 9.47 Å². The molecule has 15 heavy (non-hydrogen) atoms.